The third kappa shape index (κ3) is 3.33. The van der Waals surface area contributed by atoms with Crippen molar-refractivity contribution in [2.45, 2.75) is 51.0 Å². The summed E-state index contributed by atoms with van der Waals surface area (Å²) in [5.74, 6) is -0.0674. The summed E-state index contributed by atoms with van der Waals surface area (Å²) in [4.78, 5) is 30.5. The van der Waals surface area contributed by atoms with Gasteiger partial charge in [0.1, 0.15) is 11.3 Å². The summed E-state index contributed by atoms with van der Waals surface area (Å²) >= 11 is 1.55. The molecular formula is C18H22N2O4S. The molecule has 25 heavy (non-hydrogen) atoms. The second kappa shape index (κ2) is 7.00. The Labute approximate surface area is 150 Å². The lowest BCUT2D eigenvalue weighted by molar-refractivity contribution is -0.160. The zero-order valence-corrected chi connectivity index (χ0v) is 15.3. The number of oxazole rings is 1. The Kier molecular flexibility index (Phi) is 4.94. The van der Waals surface area contributed by atoms with Crippen LogP contribution in [0.1, 0.15) is 43.6 Å². The molecule has 0 spiro atoms. The van der Waals surface area contributed by atoms with Crippen molar-refractivity contribution in [3.8, 4) is 11.5 Å². The number of hydrogen-bond acceptors (Lipinski definition) is 5. The van der Waals surface area contributed by atoms with Crippen molar-refractivity contribution in [2.24, 2.45) is 0 Å². The highest BCUT2D eigenvalue weighted by Crippen LogP contribution is 2.34. The SMILES string of the molecule is Cc1oc(-c2ccsc2)nc1CC(=O)N(C)C1(C(=O)O)CCCCC1. The number of aliphatic carboxylic acids is 1. The minimum atomic E-state index is -1.09. The predicted molar refractivity (Wildman–Crippen MR) is 94.5 cm³/mol. The van der Waals surface area contributed by atoms with E-state index in [2.05, 4.69) is 4.98 Å². The summed E-state index contributed by atoms with van der Waals surface area (Å²) < 4.78 is 5.67. The minimum absolute atomic E-state index is 0.0466. The molecule has 1 N–H and O–H groups in total. The van der Waals surface area contributed by atoms with Crippen molar-refractivity contribution in [1.29, 1.82) is 0 Å². The van der Waals surface area contributed by atoms with Crippen molar-refractivity contribution < 1.29 is 19.1 Å². The van der Waals surface area contributed by atoms with Gasteiger partial charge in [0.2, 0.25) is 11.8 Å². The maximum atomic E-state index is 12.8. The average molecular weight is 362 g/mol. The molecule has 0 aliphatic heterocycles. The van der Waals surface area contributed by atoms with E-state index in [-0.39, 0.29) is 12.3 Å². The Balaban J connectivity index is 1.78. The molecule has 0 saturated heterocycles. The predicted octanol–water partition coefficient (Wildman–Crippen LogP) is 3.50. The van der Waals surface area contributed by atoms with Gasteiger partial charge in [0.05, 0.1) is 12.1 Å². The van der Waals surface area contributed by atoms with Crippen LogP contribution >= 0.6 is 11.3 Å². The van der Waals surface area contributed by atoms with Gasteiger partial charge in [-0.2, -0.15) is 11.3 Å². The molecule has 1 saturated carbocycles. The van der Waals surface area contributed by atoms with Crippen molar-refractivity contribution in [2.75, 3.05) is 7.05 Å². The number of nitrogens with zero attached hydrogens (tertiary/aromatic N) is 2. The van der Waals surface area contributed by atoms with Crippen molar-refractivity contribution >= 4 is 23.2 Å². The molecule has 2 aromatic rings. The molecule has 134 valence electrons. The van der Waals surface area contributed by atoms with Crippen molar-refractivity contribution in [1.82, 2.24) is 9.88 Å². The highest BCUT2D eigenvalue weighted by atomic mass is 32.1. The van der Waals surface area contributed by atoms with E-state index in [1.807, 2.05) is 16.8 Å². The number of likely N-dealkylation sites (N-methyl/N-ethyl adjacent to an activating group) is 1. The van der Waals surface area contributed by atoms with Gasteiger partial charge in [-0.05, 0) is 31.2 Å². The lowest BCUT2D eigenvalue weighted by Gasteiger charge is -2.41. The lowest BCUT2D eigenvalue weighted by atomic mass is 9.80. The standard InChI is InChI=1S/C18H22N2O4S/c1-12-14(19-16(24-12)13-6-9-25-11-13)10-15(21)20(2)18(17(22)23)7-4-3-5-8-18/h6,9,11H,3-5,7-8,10H2,1-2H3,(H,22,23). The molecule has 0 unspecified atom stereocenters. The molecule has 7 heteroatoms. The number of amides is 1. The third-order valence-corrected chi connectivity index (χ3v) is 5.76. The van der Waals surface area contributed by atoms with Gasteiger partial charge < -0.3 is 14.4 Å². The second-order valence-corrected chi connectivity index (χ2v) is 7.34. The van der Waals surface area contributed by atoms with Crippen LogP contribution < -0.4 is 0 Å². The van der Waals surface area contributed by atoms with E-state index in [9.17, 15) is 14.7 Å². The normalized spacial score (nSPS) is 16.6. The number of rotatable bonds is 5. The maximum Gasteiger partial charge on any atom is 0.329 e. The topological polar surface area (TPSA) is 83.6 Å². The molecule has 2 aromatic heterocycles. The molecular weight excluding hydrogens is 340 g/mol. The van der Waals surface area contributed by atoms with Gasteiger partial charge in [-0.15, -0.1) is 0 Å². The van der Waals surface area contributed by atoms with E-state index >= 15 is 0 Å². The van der Waals surface area contributed by atoms with Gasteiger partial charge in [0.25, 0.3) is 0 Å². The fraction of sp³-hybridized carbons (Fsp3) is 0.500. The van der Waals surface area contributed by atoms with Crippen LogP contribution in [0.5, 0.6) is 0 Å². The fourth-order valence-corrected chi connectivity index (χ4v) is 4.06. The second-order valence-electron chi connectivity index (χ2n) is 6.56. The summed E-state index contributed by atoms with van der Waals surface area (Å²) in [6.07, 6.45) is 3.73. The molecule has 2 heterocycles. The van der Waals surface area contributed by atoms with E-state index in [0.717, 1.165) is 24.8 Å². The quantitative estimate of drug-likeness (QED) is 0.880. The van der Waals surface area contributed by atoms with E-state index in [4.69, 9.17) is 4.42 Å². The Morgan fingerprint density at radius 1 is 1.36 bits per heavy atom. The van der Waals surface area contributed by atoms with Crippen molar-refractivity contribution in [3.05, 3.63) is 28.3 Å². The molecule has 1 fully saturated rings. The molecule has 0 bridgehead atoms. The lowest BCUT2D eigenvalue weighted by Crippen LogP contribution is -2.56. The number of carboxylic acids is 1. The van der Waals surface area contributed by atoms with Crippen LogP contribution in [-0.2, 0) is 16.0 Å². The first-order chi connectivity index (χ1) is 11.9. The highest BCUT2D eigenvalue weighted by molar-refractivity contribution is 7.08. The summed E-state index contributed by atoms with van der Waals surface area (Å²) in [5.41, 5.74) is 0.354. The number of carbonyl (C=O) groups is 2. The number of thiophene rings is 1. The minimum Gasteiger partial charge on any atom is -0.479 e. The summed E-state index contributed by atoms with van der Waals surface area (Å²) in [6.45, 7) is 1.78. The number of aryl methyl sites for hydroxylation is 1. The third-order valence-electron chi connectivity index (χ3n) is 5.07. The maximum absolute atomic E-state index is 12.8. The molecule has 1 amide bonds. The molecule has 0 radical (unpaired) electrons. The number of hydrogen-bond donors (Lipinski definition) is 1. The Morgan fingerprint density at radius 3 is 2.68 bits per heavy atom. The Morgan fingerprint density at radius 2 is 2.08 bits per heavy atom. The average Bonchev–Trinajstić information content (AvgIpc) is 3.25. The van der Waals surface area contributed by atoms with Crippen LogP contribution in [-0.4, -0.2) is 39.5 Å². The first kappa shape index (κ1) is 17.7. The van der Waals surface area contributed by atoms with Crippen LogP contribution in [0.15, 0.2) is 21.2 Å². The van der Waals surface area contributed by atoms with Gasteiger partial charge in [0.15, 0.2) is 0 Å². The van der Waals surface area contributed by atoms with Crippen LogP contribution in [0.4, 0.5) is 0 Å². The van der Waals surface area contributed by atoms with Gasteiger partial charge >= 0.3 is 5.97 Å². The van der Waals surface area contributed by atoms with Crippen LogP contribution in [0.2, 0.25) is 0 Å². The van der Waals surface area contributed by atoms with Gasteiger partial charge in [-0.3, -0.25) is 4.79 Å². The molecule has 0 atom stereocenters. The van der Waals surface area contributed by atoms with Crippen LogP contribution in [0.3, 0.4) is 0 Å². The first-order valence-corrected chi connectivity index (χ1v) is 9.37. The van der Waals surface area contributed by atoms with E-state index in [1.54, 1.807) is 25.3 Å². The van der Waals surface area contributed by atoms with E-state index < -0.39 is 11.5 Å². The van der Waals surface area contributed by atoms with E-state index in [0.29, 0.717) is 30.2 Å². The molecule has 3 rings (SSSR count). The van der Waals surface area contributed by atoms with E-state index in [1.165, 1.54) is 4.90 Å². The monoisotopic (exact) mass is 362 g/mol. The largest absolute Gasteiger partial charge is 0.479 e. The summed E-state index contributed by atoms with van der Waals surface area (Å²) in [6, 6.07) is 1.91. The molecule has 0 aromatic carbocycles. The molecule has 1 aliphatic rings. The van der Waals surface area contributed by atoms with Gasteiger partial charge in [-0.1, -0.05) is 19.3 Å². The Hall–Kier alpha value is -2.15. The fourth-order valence-electron chi connectivity index (χ4n) is 3.43. The number of carbonyl (C=O) groups excluding carboxylic acids is 1. The molecule has 1 aliphatic carbocycles. The van der Waals surface area contributed by atoms with Gasteiger partial charge in [0, 0.05) is 18.0 Å². The Bertz CT molecular complexity index is 760. The molecule has 6 nitrogen and oxygen atoms in total. The van der Waals surface area contributed by atoms with Crippen molar-refractivity contribution in [3.63, 3.8) is 0 Å². The number of carboxylic acid groups (broad SMARTS) is 1. The zero-order chi connectivity index (χ0) is 18.0. The highest BCUT2D eigenvalue weighted by Gasteiger charge is 2.45. The summed E-state index contributed by atoms with van der Waals surface area (Å²) in [5, 5.41) is 13.6. The zero-order valence-electron chi connectivity index (χ0n) is 14.4. The smallest absolute Gasteiger partial charge is 0.329 e. The summed E-state index contributed by atoms with van der Waals surface area (Å²) in [7, 11) is 1.59. The first-order valence-electron chi connectivity index (χ1n) is 8.43. The van der Waals surface area contributed by atoms with Gasteiger partial charge in [-0.25, -0.2) is 9.78 Å². The van der Waals surface area contributed by atoms with Crippen LogP contribution in [0.25, 0.3) is 11.5 Å². The van der Waals surface area contributed by atoms with Crippen LogP contribution in [0, 0.1) is 6.92 Å². The number of aromatic nitrogens is 1.